The van der Waals surface area contributed by atoms with Gasteiger partial charge >= 0.3 is 11.9 Å². The lowest BCUT2D eigenvalue weighted by Gasteiger charge is -2.06. The third-order valence-electron chi connectivity index (χ3n) is 1.20. The summed E-state index contributed by atoms with van der Waals surface area (Å²) < 4.78 is 9.18. The van der Waals surface area contributed by atoms with E-state index in [1.165, 1.54) is 0 Å². The zero-order chi connectivity index (χ0) is 11.1. The first-order chi connectivity index (χ1) is 6.49. The highest BCUT2D eigenvalue weighted by Gasteiger charge is 2.11. The van der Waals surface area contributed by atoms with Crippen LogP contribution in [0.1, 0.15) is 6.92 Å². The highest BCUT2D eigenvalue weighted by Crippen LogP contribution is 1.97. The number of hydrogen-bond donors (Lipinski definition) is 1. The van der Waals surface area contributed by atoms with Gasteiger partial charge in [0.2, 0.25) is 0 Å². The van der Waals surface area contributed by atoms with Gasteiger partial charge in [0.25, 0.3) is 0 Å². The van der Waals surface area contributed by atoms with E-state index in [1.807, 2.05) is 0 Å². The van der Waals surface area contributed by atoms with Gasteiger partial charge in [-0.2, -0.15) is 0 Å². The summed E-state index contributed by atoms with van der Waals surface area (Å²) in [5.41, 5.74) is 4.88. The van der Waals surface area contributed by atoms with E-state index >= 15 is 0 Å². The first kappa shape index (κ1) is 12.2. The van der Waals surface area contributed by atoms with Crippen molar-refractivity contribution in [3.63, 3.8) is 0 Å². The Morgan fingerprint density at radius 1 is 1.21 bits per heavy atom. The van der Waals surface area contributed by atoms with Gasteiger partial charge in [0.1, 0.15) is 12.3 Å². The molecule has 2 N–H and O–H groups in total. The molecule has 0 aliphatic heterocycles. The number of esters is 2. The van der Waals surface area contributed by atoms with Crippen LogP contribution in [0.3, 0.4) is 0 Å². The average molecular weight is 199 g/mol. The van der Waals surface area contributed by atoms with E-state index in [4.69, 9.17) is 5.73 Å². The zero-order valence-corrected chi connectivity index (χ0v) is 8.04. The second kappa shape index (κ2) is 5.80. The van der Waals surface area contributed by atoms with Gasteiger partial charge in [-0.1, -0.05) is 13.2 Å². The number of carbonyl (C=O) groups is 2. The zero-order valence-electron chi connectivity index (χ0n) is 8.04. The van der Waals surface area contributed by atoms with Crippen LogP contribution in [0.15, 0.2) is 24.4 Å². The predicted molar refractivity (Wildman–Crippen MR) is 50.1 cm³/mol. The summed E-state index contributed by atoms with van der Waals surface area (Å²) in [6, 6.07) is 0. The fraction of sp³-hybridized carbons (Fsp3) is 0.333. The molecule has 5 nitrogen and oxygen atoms in total. The number of nitrogens with two attached hydrogens (primary N) is 1. The molecule has 0 radical (unpaired) electrons. The molecule has 0 aliphatic rings. The third kappa shape index (κ3) is 4.30. The maximum Gasteiger partial charge on any atom is 0.353 e. The van der Waals surface area contributed by atoms with Gasteiger partial charge in [-0.25, -0.2) is 9.59 Å². The van der Waals surface area contributed by atoms with Crippen molar-refractivity contribution in [1.82, 2.24) is 0 Å². The molecule has 0 aromatic rings. The molecule has 78 valence electrons. The molecule has 5 heteroatoms. The Hall–Kier alpha value is -1.78. The van der Waals surface area contributed by atoms with E-state index in [-0.39, 0.29) is 24.5 Å². The fourth-order valence-electron chi connectivity index (χ4n) is 0.537. The molecule has 0 saturated carbocycles. The van der Waals surface area contributed by atoms with Crippen LogP contribution in [0.2, 0.25) is 0 Å². The minimum absolute atomic E-state index is 0.0569. The summed E-state index contributed by atoms with van der Waals surface area (Å²) in [7, 11) is 0. The Morgan fingerprint density at radius 3 is 2.21 bits per heavy atom. The molecule has 0 amide bonds. The molecule has 0 aliphatic carbocycles. The summed E-state index contributed by atoms with van der Waals surface area (Å²) in [4.78, 5) is 21.7. The van der Waals surface area contributed by atoms with Gasteiger partial charge < -0.3 is 15.2 Å². The first-order valence-electron chi connectivity index (χ1n) is 3.95. The largest absolute Gasteiger partial charge is 0.463 e. The van der Waals surface area contributed by atoms with Crippen molar-refractivity contribution >= 4 is 11.9 Å². The van der Waals surface area contributed by atoms with Crippen molar-refractivity contribution < 1.29 is 19.1 Å². The average Bonchev–Trinajstić information content (AvgIpc) is 2.13. The lowest BCUT2D eigenvalue weighted by atomic mass is 10.3. The van der Waals surface area contributed by atoms with E-state index in [0.717, 1.165) is 0 Å². The second-order valence-electron chi connectivity index (χ2n) is 2.43. The minimum Gasteiger partial charge on any atom is -0.463 e. The van der Waals surface area contributed by atoms with E-state index in [2.05, 4.69) is 22.6 Å². The summed E-state index contributed by atoms with van der Waals surface area (Å²) in [6.07, 6.45) is 0. The van der Waals surface area contributed by atoms with Crippen LogP contribution in [0.25, 0.3) is 0 Å². The summed E-state index contributed by atoms with van der Waals surface area (Å²) >= 11 is 0. The molecular weight excluding hydrogens is 186 g/mol. The number of rotatable bonds is 5. The van der Waals surface area contributed by atoms with Gasteiger partial charge in [0.05, 0.1) is 12.2 Å². The predicted octanol–water partition coefficient (Wildman–Crippen LogP) is 0.121. The van der Waals surface area contributed by atoms with Crippen LogP contribution in [0, 0.1) is 0 Å². The highest BCUT2D eigenvalue weighted by molar-refractivity contribution is 5.90. The van der Waals surface area contributed by atoms with Crippen molar-refractivity contribution in [3.05, 3.63) is 24.4 Å². The smallest absolute Gasteiger partial charge is 0.353 e. The van der Waals surface area contributed by atoms with Gasteiger partial charge in [-0.15, -0.1) is 0 Å². The Balaban J connectivity index is 3.91. The normalized spacial score (nSPS) is 8.93. The van der Waals surface area contributed by atoms with E-state index in [0.29, 0.717) is 0 Å². The fourth-order valence-corrected chi connectivity index (χ4v) is 0.537. The van der Waals surface area contributed by atoms with Crippen molar-refractivity contribution in [2.24, 2.45) is 5.73 Å². The Labute approximate surface area is 82.2 Å². The van der Waals surface area contributed by atoms with Crippen molar-refractivity contribution in [3.8, 4) is 0 Å². The molecule has 0 bridgehead atoms. The van der Waals surface area contributed by atoms with Crippen LogP contribution in [0.5, 0.6) is 0 Å². The molecule has 0 rings (SSSR count). The molecule has 0 fully saturated rings. The van der Waals surface area contributed by atoms with Crippen molar-refractivity contribution in [2.75, 3.05) is 13.2 Å². The first-order valence-corrected chi connectivity index (χ1v) is 3.95. The highest BCUT2D eigenvalue weighted by atomic mass is 16.5. The summed E-state index contributed by atoms with van der Waals surface area (Å²) in [5.74, 6) is -1.36. The van der Waals surface area contributed by atoms with Crippen LogP contribution in [0.4, 0.5) is 0 Å². The van der Waals surface area contributed by atoms with E-state index in [9.17, 15) is 9.59 Å². The quantitative estimate of drug-likeness (QED) is 0.502. The molecular formula is C9H13NO4. The van der Waals surface area contributed by atoms with Gasteiger partial charge in [-0.05, 0) is 6.92 Å². The SMILES string of the molecule is C=C(N)C(=O)OCC(=C)C(=O)OCC. The number of hydrogen-bond acceptors (Lipinski definition) is 5. The Kier molecular flexibility index (Phi) is 5.06. The maximum atomic E-state index is 11.0. The molecule has 0 aromatic carbocycles. The number of ether oxygens (including phenoxy) is 2. The maximum absolute atomic E-state index is 11.0. The monoisotopic (exact) mass is 199 g/mol. The second-order valence-corrected chi connectivity index (χ2v) is 2.43. The molecule has 0 aromatic heterocycles. The standard InChI is InChI=1S/C9H13NO4/c1-4-13-8(11)6(2)5-14-9(12)7(3)10/h2-5,10H2,1H3. The van der Waals surface area contributed by atoms with Gasteiger partial charge in [0.15, 0.2) is 0 Å². The third-order valence-corrected chi connectivity index (χ3v) is 1.20. The Bertz CT molecular complexity index is 270. The van der Waals surface area contributed by atoms with Crippen LogP contribution < -0.4 is 5.73 Å². The lowest BCUT2D eigenvalue weighted by molar-refractivity contribution is -0.141. The van der Waals surface area contributed by atoms with Crippen LogP contribution >= 0.6 is 0 Å². The minimum atomic E-state index is -0.768. The van der Waals surface area contributed by atoms with Crippen LogP contribution in [-0.2, 0) is 19.1 Å². The lowest BCUT2D eigenvalue weighted by Crippen LogP contribution is -2.18. The molecule has 0 saturated heterocycles. The van der Waals surface area contributed by atoms with E-state index in [1.54, 1.807) is 6.92 Å². The van der Waals surface area contributed by atoms with Crippen molar-refractivity contribution in [2.45, 2.75) is 6.92 Å². The topological polar surface area (TPSA) is 78.6 Å². The molecule has 0 heterocycles. The summed E-state index contributed by atoms with van der Waals surface area (Å²) in [6.45, 7) is 8.22. The van der Waals surface area contributed by atoms with Crippen LogP contribution in [-0.4, -0.2) is 25.2 Å². The molecule has 14 heavy (non-hydrogen) atoms. The molecule has 0 atom stereocenters. The molecule has 0 spiro atoms. The summed E-state index contributed by atoms with van der Waals surface area (Å²) in [5, 5.41) is 0. The van der Waals surface area contributed by atoms with Crippen molar-refractivity contribution in [1.29, 1.82) is 0 Å². The Morgan fingerprint density at radius 2 is 1.79 bits per heavy atom. The van der Waals surface area contributed by atoms with Gasteiger partial charge in [-0.3, -0.25) is 0 Å². The van der Waals surface area contributed by atoms with E-state index < -0.39 is 11.9 Å². The molecule has 0 unspecified atom stereocenters. The van der Waals surface area contributed by atoms with Gasteiger partial charge in [0, 0.05) is 0 Å². The number of carbonyl (C=O) groups excluding carboxylic acids is 2.